The minimum Gasteiger partial charge on any atom is -0.490 e. The molecule has 7 heteroatoms. The average Bonchev–Trinajstić information content (AvgIpc) is 2.68. The SMILES string of the molecule is Cc1ccc(S(=O)(=O)c2ccc(OC(C)C)c(S(=O)(=O)c3ccc(C)cc3)c2)cc1. The summed E-state index contributed by atoms with van der Waals surface area (Å²) in [5.41, 5.74) is 1.85. The Bertz CT molecular complexity index is 1260. The van der Waals surface area contributed by atoms with Crippen LogP contribution in [0, 0.1) is 13.8 Å². The van der Waals surface area contributed by atoms with Gasteiger partial charge in [0.15, 0.2) is 0 Å². The first-order valence-electron chi connectivity index (χ1n) is 9.46. The van der Waals surface area contributed by atoms with Crippen LogP contribution in [0.25, 0.3) is 0 Å². The molecule has 0 radical (unpaired) electrons. The largest absolute Gasteiger partial charge is 0.490 e. The summed E-state index contributed by atoms with van der Waals surface area (Å²) >= 11 is 0. The molecule has 0 spiro atoms. The van der Waals surface area contributed by atoms with Crippen LogP contribution in [0.3, 0.4) is 0 Å². The van der Waals surface area contributed by atoms with Gasteiger partial charge in [-0.05, 0) is 70.2 Å². The van der Waals surface area contributed by atoms with Gasteiger partial charge in [0.05, 0.1) is 20.8 Å². The molecule has 0 amide bonds. The Morgan fingerprint density at radius 3 is 1.53 bits per heavy atom. The van der Waals surface area contributed by atoms with E-state index in [2.05, 4.69) is 0 Å². The highest BCUT2D eigenvalue weighted by atomic mass is 32.2. The van der Waals surface area contributed by atoms with Crippen LogP contribution in [0.1, 0.15) is 25.0 Å². The lowest BCUT2D eigenvalue weighted by Gasteiger charge is -2.16. The summed E-state index contributed by atoms with van der Waals surface area (Å²) in [4.78, 5) is -0.0997. The Morgan fingerprint density at radius 2 is 1.07 bits per heavy atom. The van der Waals surface area contributed by atoms with E-state index in [0.29, 0.717) is 0 Å². The lowest BCUT2D eigenvalue weighted by Crippen LogP contribution is -2.12. The van der Waals surface area contributed by atoms with Crippen LogP contribution in [0.2, 0.25) is 0 Å². The normalized spacial score (nSPS) is 12.2. The molecule has 0 saturated carbocycles. The number of hydrogen-bond acceptors (Lipinski definition) is 5. The summed E-state index contributed by atoms with van der Waals surface area (Å²) in [5.74, 6) is 0.119. The molecule has 0 fully saturated rings. The molecular weight excluding hydrogens is 420 g/mol. The second-order valence-corrected chi connectivity index (χ2v) is 11.3. The third-order valence-corrected chi connectivity index (χ3v) is 8.10. The van der Waals surface area contributed by atoms with E-state index in [0.717, 1.165) is 11.1 Å². The maximum Gasteiger partial charge on any atom is 0.210 e. The van der Waals surface area contributed by atoms with Gasteiger partial charge in [0.2, 0.25) is 19.7 Å². The number of aryl methyl sites for hydroxylation is 2. The van der Waals surface area contributed by atoms with Crippen molar-refractivity contribution in [2.24, 2.45) is 0 Å². The van der Waals surface area contributed by atoms with Crippen molar-refractivity contribution < 1.29 is 21.6 Å². The molecule has 0 heterocycles. The lowest BCUT2D eigenvalue weighted by molar-refractivity contribution is 0.236. The van der Waals surface area contributed by atoms with Crippen LogP contribution in [0.15, 0.2) is 86.3 Å². The molecule has 158 valence electrons. The van der Waals surface area contributed by atoms with Gasteiger partial charge in [0, 0.05) is 0 Å². The summed E-state index contributed by atoms with van der Waals surface area (Å²) in [6.07, 6.45) is -0.281. The van der Waals surface area contributed by atoms with Crippen LogP contribution in [0.4, 0.5) is 0 Å². The van der Waals surface area contributed by atoms with Crippen LogP contribution in [0.5, 0.6) is 5.75 Å². The van der Waals surface area contributed by atoms with Crippen molar-refractivity contribution in [2.45, 2.75) is 53.4 Å². The molecule has 3 aromatic rings. The molecule has 3 aromatic carbocycles. The second kappa shape index (κ2) is 8.24. The third kappa shape index (κ3) is 4.42. The van der Waals surface area contributed by atoms with E-state index in [-0.39, 0.29) is 31.4 Å². The minimum atomic E-state index is -3.99. The van der Waals surface area contributed by atoms with Crippen LogP contribution < -0.4 is 4.74 Å². The van der Waals surface area contributed by atoms with Crippen molar-refractivity contribution in [3.8, 4) is 5.75 Å². The molecule has 0 bridgehead atoms. The van der Waals surface area contributed by atoms with Gasteiger partial charge < -0.3 is 4.74 Å². The standard InChI is InChI=1S/C23H24O5S2/c1-16(2)28-22-14-13-21(29(24,25)19-9-5-17(3)6-10-19)15-23(22)30(26,27)20-11-7-18(4)8-12-20/h5-16H,1-4H3. The van der Waals surface area contributed by atoms with Gasteiger partial charge in [-0.1, -0.05) is 35.4 Å². The Labute approximate surface area is 178 Å². The average molecular weight is 445 g/mol. The second-order valence-electron chi connectivity index (χ2n) is 7.41. The van der Waals surface area contributed by atoms with Gasteiger partial charge in [0.1, 0.15) is 10.6 Å². The van der Waals surface area contributed by atoms with E-state index >= 15 is 0 Å². The van der Waals surface area contributed by atoms with Crippen molar-refractivity contribution in [1.82, 2.24) is 0 Å². The van der Waals surface area contributed by atoms with Gasteiger partial charge in [-0.2, -0.15) is 0 Å². The van der Waals surface area contributed by atoms with Gasteiger partial charge in [-0.15, -0.1) is 0 Å². The van der Waals surface area contributed by atoms with E-state index in [4.69, 9.17) is 4.74 Å². The topological polar surface area (TPSA) is 77.5 Å². The smallest absolute Gasteiger partial charge is 0.210 e. The predicted octanol–water partition coefficient (Wildman–Crippen LogP) is 4.76. The highest BCUT2D eigenvalue weighted by Crippen LogP contribution is 2.34. The zero-order chi connectivity index (χ0) is 22.1. The third-order valence-electron chi connectivity index (χ3n) is 4.54. The van der Waals surface area contributed by atoms with Crippen molar-refractivity contribution in [1.29, 1.82) is 0 Å². The Balaban J connectivity index is 2.20. The first kappa shape index (κ1) is 22.1. The summed E-state index contributed by atoms with van der Waals surface area (Å²) in [6, 6.07) is 16.8. The summed E-state index contributed by atoms with van der Waals surface area (Å²) in [6.45, 7) is 7.28. The summed E-state index contributed by atoms with van der Waals surface area (Å²) in [5, 5.41) is 0. The highest BCUT2D eigenvalue weighted by Gasteiger charge is 2.27. The molecule has 0 saturated heterocycles. The molecule has 30 heavy (non-hydrogen) atoms. The van der Waals surface area contributed by atoms with E-state index in [1.54, 1.807) is 38.1 Å². The van der Waals surface area contributed by atoms with Crippen LogP contribution in [-0.2, 0) is 19.7 Å². The highest BCUT2D eigenvalue weighted by molar-refractivity contribution is 7.92. The first-order valence-corrected chi connectivity index (χ1v) is 12.4. The molecule has 5 nitrogen and oxygen atoms in total. The first-order chi connectivity index (χ1) is 14.0. The zero-order valence-corrected chi connectivity index (χ0v) is 18.9. The molecule has 0 aliphatic heterocycles. The van der Waals surface area contributed by atoms with Gasteiger partial charge >= 0.3 is 0 Å². The van der Waals surface area contributed by atoms with Crippen molar-refractivity contribution in [3.05, 3.63) is 77.9 Å². The fraction of sp³-hybridized carbons (Fsp3) is 0.217. The Morgan fingerprint density at radius 1 is 0.633 bits per heavy atom. The summed E-state index contributed by atoms with van der Waals surface area (Å²) < 4.78 is 58.6. The van der Waals surface area contributed by atoms with Crippen molar-refractivity contribution in [3.63, 3.8) is 0 Å². The van der Waals surface area contributed by atoms with E-state index in [9.17, 15) is 16.8 Å². The predicted molar refractivity (Wildman–Crippen MR) is 115 cm³/mol. The molecule has 3 rings (SSSR count). The van der Waals surface area contributed by atoms with Crippen molar-refractivity contribution in [2.75, 3.05) is 0 Å². The van der Waals surface area contributed by atoms with Crippen molar-refractivity contribution >= 4 is 19.7 Å². The van der Waals surface area contributed by atoms with Gasteiger partial charge in [-0.25, -0.2) is 16.8 Å². The molecule has 0 aromatic heterocycles. The number of benzene rings is 3. The van der Waals surface area contributed by atoms with Gasteiger partial charge in [0.25, 0.3) is 0 Å². The Hall–Kier alpha value is -2.64. The van der Waals surface area contributed by atoms with Gasteiger partial charge in [-0.3, -0.25) is 0 Å². The number of hydrogen-bond donors (Lipinski definition) is 0. The number of rotatable bonds is 6. The molecule has 0 unspecified atom stereocenters. The molecule has 0 atom stereocenters. The minimum absolute atomic E-state index is 0.0755. The fourth-order valence-corrected chi connectivity index (χ4v) is 5.69. The maximum absolute atomic E-state index is 13.3. The zero-order valence-electron chi connectivity index (χ0n) is 17.3. The Kier molecular flexibility index (Phi) is 6.06. The number of ether oxygens (including phenoxy) is 1. The fourth-order valence-electron chi connectivity index (χ4n) is 2.91. The molecule has 0 N–H and O–H groups in total. The monoisotopic (exact) mass is 444 g/mol. The molecule has 0 aliphatic rings. The van der Waals surface area contributed by atoms with Crippen LogP contribution in [-0.4, -0.2) is 22.9 Å². The molecular formula is C23H24O5S2. The van der Waals surface area contributed by atoms with E-state index < -0.39 is 19.7 Å². The van der Waals surface area contributed by atoms with E-state index in [1.165, 1.54) is 42.5 Å². The summed E-state index contributed by atoms with van der Waals surface area (Å²) in [7, 11) is -7.89. The van der Waals surface area contributed by atoms with Crippen LogP contribution >= 0.6 is 0 Å². The molecule has 0 aliphatic carbocycles. The van der Waals surface area contributed by atoms with E-state index in [1.807, 2.05) is 13.8 Å². The quantitative estimate of drug-likeness (QED) is 0.548. The maximum atomic E-state index is 13.3. The lowest BCUT2D eigenvalue weighted by atomic mass is 10.2. The number of sulfone groups is 2.